The molecule has 1 N–H and O–H groups in total. The lowest BCUT2D eigenvalue weighted by atomic mass is 10.0. The molecule has 0 saturated carbocycles. The number of hydrogen-bond acceptors (Lipinski definition) is 4. The van der Waals surface area contributed by atoms with Crippen molar-refractivity contribution in [2.75, 3.05) is 16.8 Å². The first kappa shape index (κ1) is 19.2. The topological polar surface area (TPSA) is 85.2 Å². The number of nitrogens with one attached hydrogen (secondary N) is 1. The van der Waals surface area contributed by atoms with E-state index in [1.165, 1.54) is 29.0 Å². The number of hydrogen-bond donors (Lipinski definition) is 1. The number of anilines is 1. The number of carbonyl (C=O) groups is 1. The number of carbonyl (C=O) groups excluding carboxylic acids is 1. The molecule has 0 spiro atoms. The summed E-state index contributed by atoms with van der Waals surface area (Å²) in [5.41, 5.74) is 0.0792. The van der Waals surface area contributed by atoms with E-state index in [9.17, 15) is 26.8 Å². The maximum atomic E-state index is 13.8. The summed E-state index contributed by atoms with van der Waals surface area (Å²) in [6, 6.07) is 5.76. The lowest BCUT2D eigenvalue weighted by Crippen LogP contribution is -2.32. The summed E-state index contributed by atoms with van der Waals surface area (Å²) in [5, 5.41) is 2.67. The van der Waals surface area contributed by atoms with Crippen LogP contribution in [0.25, 0.3) is 0 Å². The Morgan fingerprint density at radius 3 is 2.52 bits per heavy atom. The fourth-order valence-electron chi connectivity index (χ4n) is 2.96. The lowest BCUT2D eigenvalue weighted by molar-refractivity contribution is -0.120. The van der Waals surface area contributed by atoms with E-state index in [-0.39, 0.29) is 42.4 Å². The molecular formula is C18H18F2N2O4S. The zero-order valence-corrected chi connectivity index (χ0v) is 15.1. The molecule has 6 nitrogen and oxygen atoms in total. The van der Waals surface area contributed by atoms with E-state index in [0.29, 0.717) is 5.69 Å². The highest BCUT2D eigenvalue weighted by atomic mass is 32.2. The van der Waals surface area contributed by atoms with Crippen molar-refractivity contribution < 1.29 is 22.0 Å². The Bertz CT molecular complexity index is 1020. The molecule has 0 atom stereocenters. The molecule has 1 aliphatic heterocycles. The molecule has 1 amide bonds. The Morgan fingerprint density at radius 2 is 1.85 bits per heavy atom. The van der Waals surface area contributed by atoms with Gasteiger partial charge in [-0.05, 0) is 25.0 Å². The molecule has 2 aromatic rings. The van der Waals surface area contributed by atoms with Crippen LogP contribution in [0.3, 0.4) is 0 Å². The normalized spacial score (nSPS) is 16.8. The summed E-state index contributed by atoms with van der Waals surface area (Å²) in [7, 11) is -3.06. The minimum Gasteiger partial charge on any atom is -0.325 e. The zero-order chi connectivity index (χ0) is 19.6. The molecule has 0 radical (unpaired) electrons. The molecule has 1 aliphatic rings. The lowest BCUT2D eigenvalue weighted by Gasteiger charge is -2.21. The molecule has 1 saturated heterocycles. The Kier molecular flexibility index (Phi) is 5.41. The van der Waals surface area contributed by atoms with Gasteiger partial charge >= 0.3 is 0 Å². The number of nitrogens with zero attached hydrogens (tertiary/aromatic N) is 1. The van der Waals surface area contributed by atoms with Gasteiger partial charge in [0, 0.05) is 29.8 Å². The largest absolute Gasteiger partial charge is 0.325 e. The maximum Gasteiger partial charge on any atom is 0.250 e. The molecule has 144 valence electrons. The van der Waals surface area contributed by atoms with Gasteiger partial charge in [-0.15, -0.1) is 0 Å². The first-order chi connectivity index (χ1) is 12.7. The molecule has 0 bridgehead atoms. The molecule has 0 unspecified atom stereocenters. The number of benzene rings is 1. The Morgan fingerprint density at radius 1 is 1.15 bits per heavy atom. The third-order valence-corrected chi connectivity index (χ3v) is 6.25. The van der Waals surface area contributed by atoms with Gasteiger partial charge in [-0.1, -0.05) is 6.07 Å². The van der Waals surface area contributed by atoms with Crippen molar-refractivity contribution in [2.24, 2.45) is 5.92 Å². The number of aromatic nitrogens is 1. The summed E-state index contributed by atoms with van der Waals surface area (Å²) in [5.74, 6) is -2.24. The number of pyridine rings is 1. The average Bonchev–Trinajstić information content (AvgIpc) is 2.60. The molecule has 3 rings (SSSR count). The van der Waals surface area contributed by atoms with Crippen molar-refractivity contribution in [1.29, 1.82) is 0 Å². The van der Waals surface area contributed by atoms with Crippen molar-refractivity contribution in [1.82, 2.24) is 4.57 Å². The smallest absolute Gasteiger partial charge is 0.250 e. The van der Waals surface area contributed by atoms with Crippen LogP contribution in [0.15, 0.2) is 41.3 Å². The van der Waals surface area contributed by atoms with Crippen LogP contribution < -0.4 is 10.9 Å². The van der Waals surface area contributed by atoms with Gasteiger partial charge in [0.15, 0.2) is 0 Å². The highest BCUT2D eigenvalue weighted by Crippen LogP contribution is 2.21. The second-order valence-electron chi connectivity index (χ2n) is 6.53. The van der Waals surface area contributed by atoms with Crippen molar-refractivity contribution in [3.63, 3.8) is 0 Å². The minimum absolute atomic E-state index is 0.0194. The van der Waals surface area contributed by atoms with Crippen LogP contribution in [0.2, 0.25) is 0 Å². The predicted octanol–water partition coefficient (Wildman–Crippen LogP) is 1.94. The SMILES string of the molecule is O=C(Nc1ccc(=O)n(Cc2ccc(F)cc2F)c1)C1CCS(=O)(=O)CC1. The van der Waals surface area contributed by atoms with Crippen LogP contribution in [0.4, 0.5) is 14.5 Å². The summed E-state index contributed by atoms with van der Waals surface area (Å²) in [6.07, 6.45) is 1.89. The second-order valence-corrected chi connectivity index (χ2v) is 8.84. The van der Waals surface area contributed by atoms with E-state index in [0.717, 1.165) is 12.1 Å². The van der Waals surface area contributed by atoms with E-state index in [4.69, 9.17) is 0 Å². The van der Waals surface area contributed by atoms with Gasteiger partial charge in [0.2, 0.25) is 5.91 Å². The van der Waals surface area contributed by atoms with Crippen LogP contribution in [0.5, 0.6) is 0 Å². The van der Waals surface area contributed by atoms with Gasteiger partial charge in [-0.25, -0.2) is 17.2 Å². The molecule has 27 heavy (non-hydrogen) atoms. The minimum atomic E-state index is -3.06. The Labute approximate surface area is 154 Å². The fourth-order valence-corrected chi connectivity index (χ4v) is 4.45. The Hall–Kier alpha value is -2.55. The summed E-state index contributed by atoms with van der Waals surface area (Å²) < 4.78 is 50.9. The first-order valence-electron chi connectivity index (χ1n) is 8.39. The van der Waals surface area contributed by atoms with Crippen LogP contribution in [0, 0.1) is 17.6 Å². The van der Waals surface area contributed by atoms with E-state index in [1.807, 2.05) is 0 Å². The van der Waals surface area contributed by atoms with Gasteiger partial charge in [0.25, 0.3) is 5.56 Å². The predicted molar refractivity (Wildman–Crippen MR) is 96.2 cm³/mol. The van der Waals surface area contributed by atoms with Crippen molar-refractivity contribution in [3.05, 3.63) is 64.1 Å². The van der Waals surface area contributed by atoms with Crippen LogP contribution in [0.1, 0.15) is 18.4 Å². The summed E-state index contributed by atoms with van der Waals surface area (Å²) >= 11 is 0. The highest BCUT2D eigenvalue weighted by Gasteiger charge is 2.28. The fraction of sp³-hybridized carbons (Fsp3) is 0.333. The van der Waals surface area contributed by atoms with Gasteiger partial charge in [-0.3, -0.25) is 9.59 Å². The molecule has 2 heterocycles. The number of rotatable bonds is 4. The number of sulfone groups is 1. The van der Waals surface area contributed by atoms with Crippen LogP contribution in [-0.4, -0.2) is 30.4 Å². The number of amides is 1. The van der Waals surface area contributed by atoms with E-state index >= 15 is 0 Å². The quantitative estimate of drug-likeness (QED) is 0.856. The van der Waals surface area contributed by atoms with Gasteiger partial charge < -0.3 is 9.88 Å². The molecule has 0 aliphatic carbocycles. The molecule has 1 aromatic carbocycles. The summed E-state index contributed by atoms with van der Waals surface area (Å²) in [6.45, 7) is -0.115. The van der Waals surface area contributed by atoms with Crippen LogP contribution >= 0.6 is 0 Å². The number of halogens is 2. The molecule has 1 fully saturated rings. The third-order valence-electron chi connectivity index (χ3n) is 4.53. The Balaban J connectivity index is 1.73. The van der Waals surface area contributed by atoms with Crippen molar-refractivity contribution in [2.45, 2.75) is 19.4 Å². The maximum absolute atomic E-state index is 13.8. The zero-order valence-electron chi connectivity index (χ0n) is 14.3. The average molecular weight is 396 g/mol. The molecule has 1 aromatic heterocycles. The second kappa shape index (κ2) is 7.59. The highest BCUT2D eigenvalue weighted by molar-refractivity contribution is 7.91. The van der Waals surface area contributed by atoms with Crippen molar-refractivity contribution >= 4 is 21.4 Å². The molecule has 9 heteroatoms. The van der Waals surface area contributed by atoms with E-state index < -0.39 is 32.9 Å². The van der Waals surface area contributed by atoms with E-state index in [1.54, 1.807) is 0 Å². The van der Waals surface area contributed by atoms with Gasteiger partial charge in [0.05, 0.1) is 23.7 Å². The molecular weight excluding hydrogens is 378 g/mol. The van der Waals surface area contributed by atoms with Crippen LogP contribution in [-0.2, 0) is 21.2 Å². The first-order valence-corrected chi connectivity index (χ1v) is 10.2. The van der Waals surface area contributed by atoms with Gasteiger partial charge in [-0.2, -0.15) is 0 Å². The van der Waals surface area contributed by atoms with Crippen molar-refractivity contribution in [3.8, 4) is 0 Å². The van der Waals surface area contributed by atoms with E-state index in [2.05, 4.69) is 5.32 Å². The monoisotopic (exact) mass is 396 g/mol. The third kappa shape index (κ3) is 4.79. The van der Waals surface area contributed by atoms with Gasteiger partial charge in [0.1, 0.15) is 21.5 Å². The summed E-state index contributed by atoms with van der Waals surface area (Å²) in [4.78, 5) is 24.3. The standard InChI is InChI=1S/C18H18F2N2O4S/c19-14-2-1-13(16(20)9-14)10-22-11-15(3-4-17(22)23)21-18(24)12-5-7-27(25,26)8-6-12/h1-4,9,11-12H,5-8,10H2,(H,21,24).